The van der Waals surface area contributed by atoms with Crippen molar-refractivity contribution < 1.29 is 4.79 Å². The van der Waals surface area contributed by atoms with Gasteiger partial charge in [0, 0.05) is 11.4 Å². The van der Waals surface area contributed by atoms with Crippen LogP contribution in [0, 0.1) is 6.92 Å². The molecule has 2 aromatic carbocycles. The fourth-order valence-electron chi connectivity index (χ4n) is 2.50. The number of anilines is 3. The van der Waals surface area contributed by atoms with Gasteiger partial charge in [-0.15, -0.1) is 11.8 Å². The third-order valence-corrected chi connectivity index (χ3v) is 4.75. The largest absolute Gasteiger partial charge is 0.357 e. The van der Waals surface area contributed by atoms with Gasteiger partial charge in [-0.3, -0.25) is 4.79 Å². The first-order chi connectivity index (χ1) is 13.2. The van der Waals surface area contributed by atoms with Crippen LogP contribution in [0.1, 0.15) is 23.0 Å². The number of carbonyl (C=O) groups is 1. The molecule has 0 saturated heterocycles. The van der Waals surface area contributed by atoms with Crippen molar-refractivity contribution in [3.05, 3.63) is 72.2 Å². The molecular weight excluding hydrogens is 358 g/mol. The highest BCUT2D eigenvalue weighted by atomic mass is 32.2. The highest BCUT2D eigenvalue weighted by molar-refractivity contribution is 8.00. The lowest BCUT2D eigenvalue weighted by atomic mass is 10.2. The average Bonchev–Trinajstić information content (AvgIpc) is 3.13. The van der Waals surface area contributed by atoms with Crippen molar-refractivity contribution in [1.29, 1.82) is 0 Å². The summed E-state index contributed by atoms with van der Waals surface area (Å²) in [5, 5.41) is 9.60. The summed E-state index contributed by atoms with van der Waals surface area (Å²) >= 11 is 1.69. The van der Waals surface area contributed by atoms with E-state index < -0.39 is 0 Å². The van der Waals surface area contributed by atoms with Crippen molar-refractivity contribution in [2.75, 3.05) is 21.7 Å². The topological polar surface area (TPSA) is 81.8 Å². The van der Waals surface area contributed by atoms with E-state index in [1.165, 1.54) is 6.33 Å². The molecule has 1 heterocycles. The van der Waals surface area contributed by atoms with Gasteiger partial charge in [-0.25, -0.2) is 4.98 Å². The molecule has 3 aromatic rings. The summed E-state index contributed by atoms with van der Waals surface area (Å²) in [6.07, 6.45) is 1.52. The van der Waals surface area contributed by atoms with Gasteiger partial charge >= 0.3 is 0 Å². The standard InChI is InChI=1S/C20H23N5OS/c1-3-27-20(24-15-7-5-4-6-8-15)25-18-17(21-13-22-18)19(26)23-16-11-9-14(2)10-12-16/h4-13,20,24-25H,3H2,1-2H3,(H,21,22)(H,23,26). The van der Waals surface area contributed by atoms with Gasteiger partial charge in [0.2, 0.25) is 0 Å². The predicted octanol–water partition coefficient (Wildman–Crippen LogP) is 4.53. The Morgan fingerprint density at radius 1 is 1.07 bits per heavy atom. The number of aromatic nitrogens is 2. The van der Waals surface area contributed by atoms with Gasteiger partial charge in [-0.1, -0.05) is 42.8 Å². The third kappa shape index (κ3) is 5.27. The van der Waals surface area contributed by atoms with E-state index in [2.05, 4.69) is 32.8 Å². The van der Waals surface area contributed by atoms with Gasteiger partial charge in [0.05, 0.1) is 6.33 Å². The molecule has 1 atom stereocenters. The van der Waals surface area contributed by atoms with E-state index >= 15 is 0 Å². The molecule has 6 nitrogen and oxygen atoms in total. The quantitative estimate of drug-likeness (QED) is 0.431. The smallest absolute Gasteiger partial charge is 0.275 e. The second-order valence-corrected chi connectivity index (χ2v) is 7.32. The first kappa shape index (κ1) is 18.8. The Hall–Kier alpha value is -2.93. The van der Waals surface area contributed by atoms with Crippen LogP contribution in [0.4, 0.5) is 17.2 Å². The number of carbonyl (C=O) groups excluding carboxylic acids is 1. The fourth-order valence-corrected chi connectivity index (χ4v) is 3.25. The van der Waals surface area contributed by atoms with E-state index in [1.54, 1.807) is 11.8 Å². The molecule has 4 N–H and O–H groups in total. The molecule has 1 aromatic heterocycles. The molecule has 0 spiro atoms. The van der Waals surface area contributed by atoms with Gasteiger partial charge in [0.25, 0.3) is 5.91 Å². The fraction of sp³-hybridized carbons (Fsp3) is 0.200. The lowest BCUT2D eigenvalue weighted by Crippen LogP contribution is -2.27. The molecule has 0 saturated carbocycles. The predicted molar refractivity (Wildman–Crippen MR) is 113 cm³/mol. The highest BCUT2D eigenvalue weighted by Gasteiger charge is 2.18. The van der Waals surface area contributed by atoms with Gasteiger partial charge < -0.3 is 20.9 Å². The minimum Gasteiger partial charge on any atom is -0.357 e. The van der Waals surface area contributed by atoms with Crippen LogP contribution in [0.15, 0.2) is 60.9 Å². The number of amides is 1. The molecule has 0 bridgehead atoms. The van der Waals surface area contributed by atoms with Gasteiger partial charge in [0.15, 0.2) is 5.82 Å². The van der Waals surface area contributed by atoms with Crippen LogP contribution in [0.2, 0.25) is 0 Å². The van der Waals surface area contributed by atoms with Crippen molar-refractivity contribution in [3.8, 4) is 0 Å². The molecular formula is C20H23N5OS. The first-order valence-electron chi connectivity index (χ1n) is 8.77. The molecule has 0 fully saturated rings. The van der Waals surface area contributed by atoms with Crippen LogP contribution in [0.25, 0.3) is 0 Å². The average molecular weight is 382 g/mol. The number of para-hydroxylation sites is 1. The summed E-state index contributed by atoms with van der Waals surface area (Å²) in [4.78, 5) is 19.8. The van der Waals surface area contributed by atoms with E-state index in [0.717, 1.165) is 22.7 Å². The van der Waals surface area contributed by atoms with Crippen LogP contribution in [0.3, 0.4) is 0 Å². The van der Waals surface area contributed by atoms with Gasteiger partial charge in [0.1, 0.15) is 11.2 Å². The summed E-state index contributed by atoms with van der Waals surface area (Å²) in [6.45, 7) is 4.09. The normalized spacial score (nSPS) is 11.6. The Labute approximate surface area is 163 Å². The maximum atomic E-state index is 12.6. The molecule has 3 rings (SSSR count). The Balaban J connectivity index is 1.70. The van der Waals surface area contributed by atoms with Crippen molar-refractivity contribution in [2.45, 2.75) is 19.3 Å². The van der Waals surface area contributed by atoms with Crippen molar-refractivity contribution in [3.63, 3.8) is 0 Å². The summed E-state index contributed by atoms with van der Waals surface area (Å²) in [6, 6.07) is 17.6. The number of imidazole rings is 1. The molecule has 0 aliphatic heterocycles. The highest BCUT2D eigenvalue weighted by Crippen LogP contribution is 2.20. The minimum absolute atomic E-state index is 0.119. The number of benzene rings is 2. The van der Waals surface area contributed by atoms with Crippen molar-refractivity contribution in [2.24, 2.45) is 0 Å². The molecule has 0 radical (unpaired) electrons. The van der Waals surface area contributed by atoms with Crippen LogP contribution in [0.5, 0.6) is 0 Å². The number of H-pyrrole nitrogens is 1. The Morgan fingerprint density at radius 2 is 1.81 bits per heavy atom. The number of hydrogen-bond donors (Lipinski definition) is 4. The zero-order chi connectivity index (χ0) is 19.1. The SMILES string of the molecule is CCSC(Nc1ccccc1)Nc1nc[nH]c1C(=O)Nc1ccc(C)cc1. The van der Waals surface area contributed by atoms with Gasteiger partial charge in [-0.2, -0.15) is 0 Å². The van der Waals surface area contributed by atoms with Crippen LogP contribution in [-0.2, 0) is 0 Å². The minimum atomic E-state index is -0.237. The number of thioether (sulfide) groups is 1. The van der Waals surface area contributed by atoms with Crippen LogP contribution >= 0.6 is 11.8 Å². The molecule has 1 amide bonds. The lowest BCUT2D eigenvalue weighted by Gasteiger charge is -2.20. The summed E-state index contributed by atoms with van der Waals surface area (Å²) in [5.41, 5.74) is 3.16. The number of aryl methyl sites for hydroxylation is 1. The maximum absolute atomic E-state index is 12.6. The molecule has 0 aliphatic rings. The maximum Gasteiger partial charge on any atom is 0.275 e. The molecule has 27 heavy (non-hydrogen) atoms. The Kier molecular flexibility index (Phi) is 6.38. The van der Waals surface area contributed by atoms with Crippen LogP contribution < -0.4 is 16.0 Å². The Bertz CT molecular complexity index is 864. The lowest BCUT2D eigenvalue weighted by molar-refractivity contribution is 0.102. The van der Waals surface area contributed by atoms with Crippen molar-refractivity contribution >= 4 is 34.9 Å². The number of nitrogens with zero attached hydrogens (tertiary/aromatic N) is 1. The zero-order valence-electron chi connectivity index (χ0n) is 15.3. The molecule has 7 heteroatoms. The third-order valence-electron chi connectivity index (χ3n) is 3.85. The molecule has 0 aliphatic carbocycles. The number of hydrogen-bond acceptors (Lipinski definition) is 5. The van der Waals surface area contributed by atoms with E-state index in [0.29, 0.717) is 11.5 Å². The summed E-state index contributed by atoms with van der Waals surface area (Å²) in [7, 11) is 0. The van der Waals surface area contributed by atoms with Crippen LogP contribution in [-0.4, -0.2) is 27.1 Å². The number of rotatable bonds is 8. The van der Waals surface area contributed by atoms with Gasteiger partial charge in [-0.05, 0) is 36.9 Å². The first-order valence-corrected chi connectivity index (χ1v) is 9.81. The Morgan fingerprint density at radius 3 is 2.52 bits per heavy atom. The van der Waals surface area contributed by atoms with E-state index in [-0.39, 0.29) is 11.4 Å². The summed E-state index contributed by atoms with van der Waals surface area (Å²) < 4.78 is 0. The van der Waals surface area contributed by atoms with Crippen molar-refractivity contribution in [1.82, 2.24) is 9.97 Å². The number of aromatic amines is 1. The second-order valence-electron chi connectivity index (χ2n) is 5.94. The summed E-state index contributed by atoms with van der Waals surface area (Å²) in [5.74, 6) is 1.18. The van der Waals surface area contributed by atoms with E-state index in [1.807, 2.05) is 61.5 Å². The zero-order valence-corrected chi connectivity index (χ0v) is 16.1. The second kappa shape index (κ2) is 9.14. The van der Waals surface area contributed by atoms with E-state index in [9.17, 15) is 4.79 Å². The monoisotopic (exact) mass is 381 g/mol. The molecule has 140 valence electrons. The molecule has 1 unspecified atom stereocenters. The number of nitrogens with one attached hydrogen (secondary N) is 4. The van der Waals surface area contributed by atoms with E-state index in [4.69, 9.17) is 0 Å².